The van der Waals surface area contributed by atoms with Crippen molar-refractivity contribution in [3.63, 3.8) is 0 Å². The van der Waals surface area contributed by atoms with Crippen LogP contribution < -0.4 is 74.1 Å². The fourth-order valence-electron chi connectivity index (χ4n) is 2.42. The Bertz CT molecular complexity index is 949. The Kier molecular flexibility index (Phi) is 8.93. The van der Waals surface area contributed by atoms with Crippen LogP contribution in [0.4, 0.5) is 4.39 Å². The smallest absolute Gasteiger partial charge is 0.546 e. The van der Waals surface area contributed by atoms with E-state index in [-0.39, 0.29) is 71.5 Å². The van der Waals surface area contributed by atoms with Crippen molar-refractivity contribution >= 4 is 22.8 Å². The number of fused-ring (bicyclic) bond motifs is 1. The number of halogens is 1. The van der Waals surface area contributed by atoms with E-state index in [1.807, 2.05) is 0 Å². The number of carboxylic acid groups (broad SMARTS) is 2. The maximum Gasteiger partial charge on any atom is 1.00 e. The van der Waals surface area contributed by atoms with Crippen LogP contribution in [0.15, 0.2) is 48.5 Å². The van der Waals surface area contributed by atoms with Crippen molar-refractivity contribution in [2.24, 2.45) is 0 Å². The molecule has 10 heteroatoms. The summed E-state index contributed by atoms with van der Waals surface area (Å²) in [6.45, 7) is 0.183. The number of carbonyl (C=O) groups excluding carboxylic acids is 2. The van der Waals surface area contributed by atoms with E-state index in [0.717, 1.165) is 0 Å². The molecule has 0 atom stereocenters. The number of nitrogens with zero attached hydrogens (tertiary/aromatic N) is 2. The number of ether oxygens (including phenoxy) is 1. The van der Waals surface area contributed by atoms with Gasteiger partial charge in [0.25, 0.3) is 0 Å². The fourth-order valence-corrected chi connectivity index (χ4v) is 2.42. The number of rotatable bonds is 6. The van der Waals surface area contributed by atoms with Crippen molar-refractivity contribution in [2.45, 2.75) is 12.6 Å². The van der Waals surface area contributed by atoms with Gasteiger partial charge in [-0.2, -0.15) is 0 Å². The van der Waals surface area contributed by atoms with Crippen LogP contribution >= 0.6 is 0 Å². The van der Waals surface area contributed by atoms with Gasteiger partial charge in [0.2, 0.25) is 5.88 Å². The minimum atomic E-state index is -2.29. The number of hydrogen-bond acceptors (Lipinski definition) is 6. The zero-order valence-electron chi connectivity index (χ0n) is 14.7. The van der Waals surface area contributed by atoms with Gasteiger partial charge >= 0.3 is 59.1 Å². The van der Waals surface area contributed by atoms with E-state index in [1.54, 1.807) is 36.4 Å². The molecule has 3 aromatic rings. The molecule has 1 aromatic heterocycles. The number of aliphatic carboxylic acids is 2. The van der Waals surface area contributed by atoms with E-state index >= 15 is 0 Å². The van der Waals surface area contributed by atoms with Gasteiger partial charge in [-0.15, -0.1) is 5.10 Å². The molecule has 0 N–H and O–H groups in total. The van der Waals surface area contributed by atoms with E-state index in [9.17, 15) is 24.2 Å². The average molecular weight is 388 g/mol. The van der Waals surface area contributed by atoms with Crippen LogP contribution in [0.5, 0.6) is 5.88 Å². The molecule has 0 bridgehead atoms. The predicted octanol–water partition coefficient (Wildman–Crippen LogP) is -6.52. The Hall–Kier alpha value is -1.42. The van der Waals surface area contributed by atoms with Gasteiger partial charge in [-0.05, 0) is 29.8 Å². The SMILES string of the molecule is O=C([O-])C(Oc1nn(Cc2cccc(F)c2)c2ccccc12)C(=O)[O-].[Na+].[Na+]. The Morgan fingerprint density at radius 1 is 1.07 bits per heavy atom. The second-order valence-corrected chi connectivity index (χ2v) is 5.25. The molecule has 0 spiro atoms. The van der Waals surface area contributed by atoms with Gasteiger partial charge in [0.05, 0.1) is 29.4 Å². The molecule has 27 heavy (non-hydrogen) atoms. The number of aromatic nitrogens is 2. The van der Waals surface area contributed by atoms with Crippen LogP contribution in [-0.4, -0.2) is 27.8 Å². The van der Waals surface area contributed by atoms with Crippen molar-refractivity contribution in [1.29, 1.82) is 0 Å². The van der Waals surface area contributed by atoms with Gasteiger partial charge in [0, 0.05) is 0 Å². The van der Waals surface area contributed by atoms with Gasteiger partial charge in [-0.3, -0.25) is 4.68 Å². The van der Waals surface area contributed by atoms with E-state index in [4.69, 9.17) is 4.74 Å². The van der Waals surface area contributed by atoms with Crippen molar-refractivity contribution < 1.29 is 88.0 Å². The van der Waals surface area contributed by atoms with E-state index < -0.39 is 23.9 Å². The second kappa shape index (κ2) is 10.2. The summed E-state index contributed by atoms with van der Waals surface area (Å²) < 4.78 is 19.8. The van der Waals surface area contributed by atoms with Crippen LogP contribution in [0.25, 0.3) is 10.9 Å². The largest absolute Gasteiger partial charge is 1.00 e. The average Bonchev–Trinajstić information content (AvgIpc) is 2.90. The molecule has 0 amide bonds. The minimum Gasteiger partial charge on any atom is -0.546 e. The molecule has 0 aliphatic rings. The molecule has 2 aromatic carbocycles. The number of carbonyl (C=O) groups is 2. The van der Waals surface area contributed by atoms with Gasteiger partial charge in [-0.25, -0.2) is 4.39 Å². The first-order valence-electron chi connectivity index (χ1n) is 7.24. The summed E-state index contributed by atoms with van der Waals surface area (Å²) in [7, 11) is 0. The monoisotopic (exact) mass is 388 g/mol. The van der Waals surface area contributed by atoms with Crippen LogP contribution in [0.2, 0.25) is 0 Å². The van der Waals surface area contributed by atoms with Crippen molar-refractivity contribution in [3.05, 3.63) is 59.9 Å². The van der Waals surface area contributed by atoms with Crippen molar-refractivity contribution in [2.75, 3.05) is 0 Å². The predicted molar refractivity (Wildman–Crippen MR) is 79.7 cm³/mol. The molecular formula is C17H11FN2Na2O5. The van der Waals surface area contributed by atoms with Gasteiger partial charge in [0.15, 0.2) is 6.10 Å². The first-order chi connectivity index (χ1) is 12.0. The van der Waals surface area contributed by atoms with E-state index in [2.05, 4.69) is 5.10 Å². The molecule has 7 nitrogen and oxygen atoms in total. The summed E-state index contributed by atoms with van der Waals surface area (Å²) in [5.41, 5.74) is 1.19. The van der Waals surface area contributed by atoms with E-state index in [0.29, 0.717) is 16.5 Å². The normalized spacial score (nSPS) is 10.1. The molecule has 0 saturated carbocycles. The first-order valence-corrected chi connectivity index (χ1v) is 7.24. The molecule has 0 radical (unpaired) electrons. The second-order valence-electron chi connectivity index (χ2n) is 5.25. The molecule has 0 saturated heterocycles. The third-order valence-electron chi connectivity index (χ3n) is 3.50. The number of benzene rings is 2. The Morgan fingerprint density at radius 2 is 1.74 bits per heavy atom. The van der Waals surface area contributed by atoms with Crippen LogP contribution in [-0.2, 0) is 16.1 Å². The third kappa shape index (κ3) is 5.54. The number of hydrogen-bond donors (Lipinski definition) is 0. The van der Waals surface area contributed by atoms with Crippen molar-refractivity contribution in [1.82, 2.24) is 9.78 Å². The maximum atomic E-state index is 13.3. The molecule has 0 fully saturated rings. The molecule has 0 aliphatic carbocycles. The maximum absolute atomic E-state index is 13.3. The molecule has 0 aliphatic heterocycles. The zero-order valence-corrected chi connectivity index (χ0v) is 18.7. The standard InChI is InChI=1S/C17H13FN2O5.2Na/c18-11-5-3-4-10(8-11)9-20-13-7-2-1-6-12(13)15(19-20)25-14(16(21)22)17(23)24;;/h1-8,14H,9H2,(H,21,22)(H,23,24);;/q;2*+1/p-2. The number of para-hydroxylation sites is 1. The van der Waals surface area contributed by atoms with Crippen LogP contribution in [0, 0.1) is 5.82 Å². The Balaban J connectivity index is 0.00000182. The van der Waals surface area contributed by atoms with Crippen LogP contribution in [0.3, 0.4) is 0 Å². The summed E-state index contributed by atoms with van der Waals surface area (Å²) in [6, 6.07) is 12.6. The van der Waals surface area contributed by atoms with Gasteiger partial charge < -0.3 is 24.5 Å². The summed E-state index contributed by atoms with van der Waals surface area (Å²) >= 11 is 0. The summed E-state index contributed by atoms with van der Waals surface area (Å²) in [6.07, 6.45) is -2.29. The van der Waals surface area contributed by atoms with E-state index in [1.165, 1.54) is 16.8 Å². The minimum absolute atomic E-state index is 0. The number of carboxylic acids is 2. The summed E-state index contributed by atoms with van der Waals surface area (Å²) in [5, 5.41) is 26.3. The quantitative estimate of drug-likeness (QED) is 0.307. The molecule has 0 unspecified atom stereocenters. The molecule has 128 valence electrons. The Labute approximate surface area is 197 Å². The third-order valence-corrected chi connectivity index (χ3v) is 3.50. The summed E-state index contributed by atoms with van der Waals surface area (Å²) in [4.78, 5) is 21.8. The molecule has 3 rings (SSSR count). The van der Waals surface area contributed by atoms with Gasteiger partial charge in [-0.1, -0.05) is 24.3 Å². The molecular weight excluding hydrogens is 377 g/mol. The zero-order chi connectivity index (χ0) is 18.0. The molecule has 1 heterocycles. The van der Waals surface area contributed by atoms with Gasteiger partial charge in [0.1, 0.15) is 5.82 Å². The Morgan fingerprint density at radius 3 is 2.37 bits per heavy atom. The topological polar surface area (TPSA) is 107 Å². The first kappa shape index (κ1) is 23.6. The summed E-state index contributed by atoms with van der Waals surface area (Å²) in [5.74, 6) is -4.47. The van der Waals surface area contributed by atoms with Crippen LogP contribution in [0.1, 0.15) is 5.56 Å². The fraction of sp³-hybridized carbons (Fsp3) is 0.118. The van der Waals surface area contributed by atoms with Crippen molar-refractivity contribution in [3.8, 4) is 5.88 Å².